The van der Waals surface area contributed by atoms with Gasteiger partial charge in [0.2, 0.25) is 18.2 Å². The summed E-state index contributed by atoms with van der Waals surface area (Å²) < 4.78 is 60.2. The van der Waals surface area contributed by atoms with E-state index in [1.807, 2.05) is 0 Å². The molecule has 0 radical (unpaired) electrons. The van der Waals surface area contributed by atoms with E-state index in [1.165, 1.54) is 0 Å². The minimum absolute atomic E-state index is 0.170. The SMILES string of the molecule is CC(C)(C)OC(=O)N[C@H](C(=O)N1C[C@H](O)CC1C(=O)N[C@@]1(C(=O)NS(=O)(=O)N2CCC2)C[C@H]1C(F)F)C(C)(C)C. The molecule has 0 spiro atoms. The molecule has 228 valence electrons. The molecule has 2 saturated heterocycles. The van der Waals surface area contributed by atoms with Crippen molar-refractivity contribution in [2.45, 2.75) is 96.6 Å². The molecule has 0 bridgehead atoms. The Morgan fingerprint density at radius 2 is 1.68 bits per heavy atom. The third-order valence-corrected chi connectivity index (χ3v) is 8.57. The van der Waals surface area contributed by atoms with E-state index in [0.717, 1.165) is 9.21 Å². The summed E-state index contributed by atoms with van der Waals surface area (Å²) in [6, 6.07) is -2.57. The number of nitrogens with one attached hydrogen (secondary N) is 3. The van der Waals surface area contributed by atoms with Gasteiger partial charge in [-0.1, -0.05) is 20.8 Å². The third-order valence-electron chi connectivity index (χ3n) is 7.09. The van der Waals surface area contributed by atoms with Crippen molar-refractivity contribution in [2.24, 2.45) is 11.3 Å². The number of hydrogen-bond donors (Lipinski definition) is 4. The van der Waals surface area contributed by atoms with E-state index in [9.17, 15) is 41.5 Å². The molecule has 4 amide bonds. The van der Waals surface area contributed by atoms with E-state index >= 15 is 0 Å². The summed E-state index contributed by atoms with van der Waals surface area (Å²) in [6.45, 7) is 9.99. The molecule has 0 aromatic carbocycles. The lowest BCUT2D eigenvalue weighted by Crippen LogP contribution is -2.61. The second-order valence-corrected chi connectivity index (χ2v) is 14.3. The number of ether oxygens (including phenoxy) is 1. The fourth-order valence-electron chi connectivity index (χ4n) is 4.70. The summed E-state index contributed by atoms with van der Waals surface area (Å²) >= 11 is 0. The molecule has 1 saturated carbocycles. The Bertz CT molecular complexity index is 1140. The van der Waals surface area contributed by atoms with Gasteiger partial charge in [0, 0.05) is 26.1 Å². The maximum Gasteiger partial charge on any atom is 0.408 e. The minimum Gasteiger partial charge on any atom is -0.444 e. The molecular weight excluding hydrogens is 556 g/mol. The van der Waals surface area contributed by atoms with E-state index in [1.54, 1.807) is 46.3 Å². The smallest absolute Gasteiger partial charge is 0.408 e. The predicted octanol–water partition coefficient (Wildman–Crippen LogP) is 0.0943. The first-order valence-electron chi connectivity index (χ1n) is 13.1. The number of nitrogens with zero attached hydrogens (tertiary/aromatic N) is 2. The lowest BCUT2D eigenvalue weighted by atomic mass is 9.85. The summed E-state index contributed by atoms with van der Waals surface area (Å²) in [4.78, 5) is 53.4. The van der Waals surface area contributed by atoms with Crippen LogP contribution in [0.4, 0.5) is 13.6 Å². The Morgan fingerprint density at radius 1 is 1.07 bits per heavy atom. The van der Waals surface area contributed by atoms with Crippen molar-refractivity contribution in [3.63, 3.8) is 0 Å². The number of alkyl halides is 2. The number of likely N-dealkylation sites (tertiary alicyclic amines) is 1. The van der Waals surface area contributed by atoms with Crippen molar-refractivity contribution in [1.29, 1.82) is 0 Å². The zero-order valence-electron chi connectivity index (χ0n) is 23.5. The first kappa shape index (κ1) is 31.9. The van der Waals surface area contributed by atoms with E-state index in [4.69, 9.17) is 4.74 Å². The quantitative estimate of drug-likeness (QED) is 0.306. The van der Waals surface area contributed by atoms with Crippen LogP contribution in [0, 0.1) is 11.3 Å². The maximum atomic E-state index is 13.7. The Balaban J connectivity index is 1.81. The van der Waals surface area contributed by atoms with Crippen molar-refractivity contribution < 1.29 is 46.2 Å². The highest BCUT2D eigenvalue weighted by molar-refractivity contribution is 7.87. The van der Waals surface area contributed by atoms with E-state index in [0.29, 0.717) is 6.42 Å². The fraction of sp³-hybridized carbons (Fsp3) is 0.833. The van der Waals surface area contributed by atoms with Gasteiger partial charge in [-0.2, -0.15) is 12.7 Å². The van der Waals surface area contributed by atoms with Crippen molar-refractivity contribution in [3.8, 4) is 0 Å². The number of rotatable bonds is 8. The molecule has 1 aliphatic carbocycles. The maximum absolute atomic E-state index is 13.7. The average Bonchev–Trinajstić information content (AvgIpc) is 3.33. The van der Waals surface area contributed by atoms with Crippen LogP contribution in [0.5, 0.6) is 0 Å². The number of β-amino-alcohol motifs (C(OH)–C–C–N with tert-alkyl or cyclic N) is 1. The first-order valence-corrected chi connectivity index (χ1v) is 14.5. The van der Waals surface area contributed by atoms with Crippen molar-refractivity contribution >= 4 is 34.0 Å². The van der Waals surface area contributed by atoms with Crippen LogP contribution in [0.3, 0.4) is 0 Å². The first-order chi connectivity index (χ1) is 18.2. The Hall–Kier alpha value is -2.59. The zero-order valence-corrected chi connectivity index (χ0v) is 24.3. The van der Waals surface area contributed by atoms with Gasteiger partial charge < -0.3 is 25.4 Å². The fourth-order valence-corrected chi connectivity index (χ4v) is 5.99. The molecule has 40 heavy (non-hydrogen) atoms. The standard InChI is InChI=1S/C24H39F2N5O8S/c1-22(2,3)16(27-21(36)39-23(4,5)6)19(34)31-12-13(32)10-15(31)18(33)28-24(11-14(24)17(25)26)20(35)29-40(37,38)30-8-7-9-30/h13-17,32H,7-12H2,1-6H3,(H,27,36)(H,28,33)(H,29,35)/t13-,14+,15?,16-,24+/m1/s1. The molecule has 3 aliphatic rings. The highest BCUT2D eigenvalue weighted by atomic mass is 32.2. The van der Waals surface area contributed by atoms with Crippen LogP contribution in [-0.2, 0) is 29.3 Å². The monoisotopic (exact) mass is 595 g/mol. The van der Waals surface area contributed by atoms with Crippen molar-refractivity contribution in [1.82, 2.24) is 24.6 Å². The molecule has 2 heterocycles. The van der Waals surface area contributed by atoms with Gasteiger partial charge in [0.25, 0.3) is 5.91 Å². The van der Waals surface area contributed by atoms with Crippen LogP contribution in [0.15, 0.2) is 0 Å². The van der Waals surface area contributed by atoms with Gasteiger partial charge in [-0.25, -0.2) is 18.3 Å². The molecular formula is C24H39F2N5O8S. The van der Waals surface area contributed by atoms with Gasteiger partial charge in [-0.15, -0.1) is 0 Å². The van der Waals surface area contributed by atoms with Crippen LogP contribution in [0.2, 0.25) is 0 Å². The van der Waals surface area contributed by atoms with E-state index < -0.39 is 87.5 Å². The normalized spacial score (nSPS) is 27.9. The number of hydrogen-bond acceptors (Lipinski definition) is 8. The predicted molar refractivity (Wildman–Crippen MR) is 137 cm³/mol. The summed E-state index contributed by atoms with van der Waals surface area (Å²) in [5, 5.41) is 15.1. The summed E-state index contributed by atoms with van der Waals surface area (Å²) in [6.07, 6.45) is -5.24. The summed E-state index contributed by atoms with van der Waals surface area (Å²) in [5.41, 5.74) is -3.93. The average molecular weight is 596 g/mol. The molecule has 0 aromatic heterocycles. The highest BCUT2D eigenvalue weighted by Crippen LogP contribution is 2.48. The Kier molecular flexibility index (Phi) is 8.78. The zero-order chi connectivity index (χ0) is 30.4. The lowest BCUT2D eigenvalue weighted by Gasteiger charge is -2.36. The number of halogens is 2. The summed E-state index contributed by atoms with van der Waals surface area (Å²) in [7, 11) is -4.27. The summed E-state index contributed by atoms with van der Waals surface area (Å²) in [5.74, 6) is -4.67. The largest absolute Gasteiger partial charge is 0.444 e. The lowest BCUT2D eigenvalue weighted by molar-refractivity contribution is -0.143. The number of aliphatic hydroxyl groups excluding tert-OH is 1. The van der Waals surface area contributed by atoms with Crippen molar-refractivity contribution in [3.05, 3.63) is 0 Å². The van der Waals surface area contributed by atoms with Crippen molar-refractivity contribution in [2.75, 3.05) is 19.6 Å². The third kappa shape index (κ3) is 7.00. The molecule has 3 fully saturated rings. The van der Waals surface area contributed by atoms with Crippen LogP contribution in [-0.4, -0.2) is 102 Å². The topological polar surface area (TPSA) is 174 Å². The highest BCUT2D eigenvalue weighted by Gasteiger charge is 2.66. The van der Waals surface area contributed by atoms with E-state index in [2.05, 4.69) is 10.6 Å². The minimum atomic E-state index is -4.27. The van der Waals surface area contributed by atoms with Gasteiger partial charge in [-0.05, 0) is 39.0 Å². The molecule has 1 unspecified atom stereocenters. The van der Waals surface area contributed by atoms with Gasteiger partial charge in [0.15, 0.2) is 0 Å². The Labute approximate surface area is 232 Å². The Morgan fingerprint density at radius 3 is 2.12 bits per heavy atom. The van der Waals surface area contributed by atoms with Crippen LogP contribution < -0.4 is 15.4 Å². The van der Waals surface area contributed by atoms with Crippen LogP contribution in [0.1, 0.15) is 60.8 Å². The number of aliphatic hydroxyl groups is 1. The van der Waals surface area contributed by atoms with E-state index in [-0.39, 0.29) is 26.1 Å². The number of amides is 4. The van der Waals surface area contributed by atoms with Gasteiger partial charge >= 0.3 is 16.3 Å². The molecule has 2 aliphatic heterocycles. The molecule has 16 heteroatoms. The van der Waals surface area contributed by atoms with Crippen LogP contribution >= 0.6 is 0 Å². The molecule has 4 N–H and O–H groups in total. The second kappa shape index (κ2) is 11.0. The molecule has 5 atom stereocenters. The number of carbonyl (C=O) groups excluding carboxylic acids is 4. The van der Waals surface area contributed by atoms with Gasteiger partial charge in [0.1, 0.15) is 23.2 Å². The molecule has 3 rings (SSSR count). The number of alkyl carbamates (subject to hydrolysis) is 1. The molecule has 13 nitrogen and oxygen atoms in total. The van der Waals surface area contributed by atoms with Crippen LogP contribution in [0.25, 0.3) is 0 Å². The number of carbonyl (C=O) groups is 4. The van der Waals surface area contributed by atoms with Gasteiger partial charge in [0.05, 0.1) is 12.0 Å². The molecule has 0 aromatic rings. The second-order valence-electron chi connectivity index (χ2n) is 12.6. The van der Waals surface area contributed by atoms with Gasteiger partial charge in [-0.3, -0.25) is 14.4 Å².